The highest BCUT2D eigenvalue weighted by molar-refractivity contribution is 6.04. The number of anilines is 1. The van der Waals surface area contributed by atoms with Crippen molar-refractivity contribution in [1.82, 2.24) is 0 Å². The monoisotopic (exact) mass is 259 g/mol. The maximum Gasteiger partial charge on any atom is 0.255 e. The van der Waals surface area contributed by atoms with Crippen LogP contribution in [0.2, 0.25) is 0 Å². The molecule has 1 amide bonds. The molecule has 0 bridgehead atoms. The van der Waals surface area contributed by atoms with E-state index >= 15 is 0 Å². The first-order valence-corrected chi connectivity index (χ1v) is 5.84. The Kier molecular flexibility index (Phi) is 3.51. The van der Waals surface area contributed by atoms with Crippen LogP contribution in [-0.4, -0.2) is 11.0 Å². The van der Waals surface area contributed by atoms with E-state index in [1.54, 1.807) is 26.0 Å². The molecule has 19 heavy (non-hydrogen) atoms. The molecule has 0 heterocycles. The molecule has 4 heteroatoms. The lowest BCUT2D eigenvalue weighted by atomic mass is 10.1. The minimum absolute atomic E-state index is 0.147. The van der Waals surface area contributed by atoms with Crippen LogP contribution in [0.25, 0.3) is 0 Å². The molecule has 2 aromatic rings. The second-order valence-corrected chi connectivity index (χ2v) is 4.42. The summed E-state index contributed by atoms with van der Waals surface area (Å²) in [5.41, 5.74) is 2.08. The molecule has 0 spiro atoms. The fourth-order valence-electron chi connectivity index (χ4n) is 1.72. The van der Waals surface area contributed by atoms with E-state index in [1.165, 1.54) is 24.3 Å². The second-order valence-electron chi connectivity index (χ2n) is 4.42. The molecule has 2 N–H and O–H groups in total. The van der Waals surface area contributed by atoms with Gasteiger partial charge in [0.1, 0.15) is 11.6 Å². The van der Waals surface area contributed by atoms with Crippen molar-refractivity contribution in [3.05, 3.63) is 58.9 Å². The fraction of sp³-hybridized carbons (Fsp3) is 0.133. The maximum absolute atomic E-state index is 13.1. The average Bonchev–Trinajstić information content (AvgIpc) is 2.37. The number of aromatic hydroxyl groups is 1. The third kappa shape index (κ3) is 2.91. The Morgan fingerprint density at radius 2 is 1.84 bits per heavy atom. The highest BCUT2D eigenvalue weighted by Gasteiger charge is 2.08. The number of hydrogen-bond donors (Lipinski definition) is 2. The van der Waals surface area contributed by atoms with Gasteiger partial charge in [-0.05, 0) is 61.4 Å². The van der Waals surface area contributed by atoms with E-state index in [1.807, 2.05) is 0 Å². The van der Waals surface area contributed by atoms with Crippen LogP contribution in [0.4, 0.5) is 10.1 Å². The number of amides is 1. The molecular formula is C15H14FNO2. The molecule has 0 unspecified atom stereocenters. The summed E-state index contributed by atoms with van der Waals surface area (Å²) in [6, 6.07) is 9.00. The predicted octanol–water partition coefficient (Wildman–Crippen LogP) is 3.40. The number of halogens is 1. The summed E-state index contributed by atoms with van der Waals surface area (Å²) >= 11 is 0. The van der Waals surface area contributed by atoms with E-state index in [9.17, 15) is 14.3 Å². The van der Waals surface area contributed by atoms with Crippen molar-refractivity contribution in [2.75, 3.05) is 5.32 Å². The SMILES string of the molecule is Cc1cc(C(=O)Nc2ccc(F)c(C)c2)ccc1O. The molecular weight excluding hydrogens is 245 g/mol. The van der Waals surface area contributed by atoms with Gasteiger partial charge in [0.25, 0.3) is 5.91 Å². The molecule has 0 aliphatic carbocycles. The van der Waals surface area contributed by atoms with Gasteiger partial charge in [0.05, 0.1) is 0 Å². The van der Waals surface area contributed by atoms with Gasteiger partial charge in [-0.15, -0.1) is 0 Å². The largest absolute Gasteiger partial charge is 0.508 e. The number of nitrogens with one attached hydrogen (secondary N) is 1. The normalized spacial score (nSPS) is 10.3. The lowest BCUT2D eigenvalue weighted by Crippen LogP contribution is -2.12. The second kappa shape index (κ2) is 5.10. The van der Waals surface area contributed by atoms with Crippen molar-refractivity contribution in [1.29, 1.82) is 0 Å². The van der Waals surface area contributed by atoms with E-state index in [-0.39, 0.29) is 17.5 Å². The highest BCUT2D eigenvalue weighted by atomic mass is 19.1. The first-order chi connectivity index (χ1) is 8.97. The molecule has 0 saturated heterocycles. The van der Waals surface area contributed by atoms with E-state index < -0.39 is 0 Å². The molecule has 0 fully saturated rings. The zero-order chi connectivity index (χ0) is 14.0. The van der Waals surface area contributed by atoms with E-state index in [0.29, 0.717) is 22.4 Å². The van der Waals surface area contributed by atoms with Gasteiger partial charge < -0.3 is 10.4 Å². The summed E-state index contributed by atoms with van der Waals surface area (Å²) < 4.78 is 13.1. The molecule has 0 saturated carbocycles. The molecule has 0 aliphatic heterocycles. The minimum atomic E-state index is -0.307. The summed E-state index contributed by atoms with van der Waals surface area (Å²) in [5, 5.41) is 12.1. The van der Waals surface area contributed by atoms with E-state index in [2.05, 4.69) is 5.32 Å². The third-order valence-corrected chi connectivity index (χ3v) is 2.87. The van der Waals surface area contributed by atoms with Gasteiger partial charge in [0.2, 0.25) is 0 Å². The quantitative estimate of drug-likeness (QED) is 0.868. The Morgan fingerprint density at radius 1 is 1.11 bits per heavy atom. The minimum Gasteiger partial charge on any atom is -0.508 e. The van der Waals surface area contributed by atoms with Crippen LogP contribution in [0.15, 0.2) is 36.4 Å². The van der Waals surface area contributed by atoms with Crippen LogP contribution in [0.3, 0.4) is 0 Å². The van der Waals surface area contributed by atoms with Crippen molar-refractivity contribution in [3.63, 3.8) is 0 Å². The number of aryl methyl sites for hydroxylation is 2. The number of carbonyl (C=O) groups is 1. The van der Waals surface area contributed by atoms with Gasteiger partial charge in [-0.1, -0.05) is 0 Å². The van der Waals surface area contributed by atoms with Crippen LogP contribution in [-0.2, 0) is 0 Å². The number of carbonyl (C=O) groups excluding carboxylic acids is 1. The fourth-order valence-corrected chi connectivity index (χ4v) is 1.72. The summed E-state index contributed by atoms with van der Waals surface area (Å²) in [7, 11) is 0. The lowest BCUT2D eigenvalue weighted by molar-refractivity contribution is 0.102. The number of phenolic OH excluding ortho intramolecular Hbond substituents is 1. The summed E-state index contributed by atoms with van der Waals surface area (Å²) in [6.07, 6.45) is 0. The number of rotatable bonds is 2. The lowest BCUT2D eigenvalue weighted by Gasteiger charge is -2.07. The zero-order valence-corrected chi connectivity index (χ0v) is 10.7. The van der Waals surface area contributed by atoms with Crippen LogP contribution in [0.5, 0.6) is 5.75 Å². The molecule has 0 aliphatic rings. The molecule has 98 valence electrons. The first-order valence-electron chi connectivity index (χ1n) is 5.84. The molecule has 0 radical (unpaired) electrons. The number of benzene rings is 2. The molecule has 2 aromatic carbocycles. The third-order valence-electron chi connectivity index (χ3n) is 2.87. The maximum atomic E-state index is 13.1. The number of hydrogen-bond acceptors (Lipinski definition) is 2. The van der Waals surface area contributed by atoms with Crippen LogP contribution < -0.4 is 5.32 Å². The number of phenols is 1. The van der Waals surface area contributed by atoms with Crippen molar-refractivity contribution >= 4 is 11.6 Å². The van der Waals surface area contributed by atoms with Crippen molar-refractivity contribution in [2.45, 2.75) is 13.8 Å². The van der Waals surface area contributed by atoms with Gasteiger partial charge in [0.15, 0.2) is 0 Å². The highest BCUT2D eigenvalue weighted by Crippen LogP contribution is 2.19. The van der Waals surface area contributed by atoms with E-state index in [4.69, 9.17) is 0 Å². The van der Waals surface area contributed by atoms with Gasteiger partial charge in [-0.3, -0.25) is 4.79 Å². The Hall–Kier alpha value is -2.36. The smallest absolute Gasteiger partial charge is 0.255 e. The predicted molar refractivity (Wildman–Crippen MR) is 71.9 cm³/mol. The topological polar surface area (TPSA) is 49.3 Å². The van der Waals surface area contributed by atoms with E-state index in [0.717, 1.165) is 0 Å². The van der Waals surface area contributed by atoms with Gasteiger partial charge in [-0.2, -0.15) is 0 Å². The molecule has 2 rings (SSSR count). The van der Waals surface area contributed by atoms with Crippen LogP contribution in [0.1, 0.15) is 21.5 Å². The van der Waals surface area contributed by atoms with Gasteiger partial charge in [-0.25, -0.2) is 4.39 Å². The zero-order valence-electron chi connectivity index (χ0n) is 10.7. The average molecular weight is 259 g/mol. The Balaban J connectivity index is 2.20. The summed E-state index contributed by atoms with van der Waals surface area (Å²) in [5.74, 6) is -0.457. The van der Waals surface area contributed by atoms with Gasteiger partial charge in [0, 0.05) is 11.3 Å². The molecule has 0 aromatic heterocycles. The summed E-state index contributed by atoms with van der Waals surface area (Å²) in [4.78, 5) is 12.0. The molecule has 0 atom stereocenters. The van der Waals surface area contributed by atoms with Crippen LogP contribution >= 0.6 is 0 Å². The summed E-state index contributed by atoms with van der Waals surface area (Å²) in [6.45, 7) is 3.35. The van der Waals surface area contributed by atoms with Crippen molar-refractivity contribution < 1.29 is 14.3 Å². The Labute approximate surface area is 110 Å². The van der Waals surface area contributed by atoms with Crippen molar-refractivity contribution in [2.24, 2.45) is 0 Å². The Bertz CT molecular complexity index is 638. The van der Waals surface area contributed by atoms with Crippen molar-refractivity contribution in [3.8, 4) is 5.75 Å². The first kappa shape index (κ1) is 13.1. The standard InChI is InChI=1S/C15H14FNO2/c1-9-8-12(4-5-13(9)16)17-15(19)11-3-6-14(18)10(2)7-11/h3-8,18H,1-2H3,(H,17,19). The van der Waals surface area contributed by atoms with Crippen LogP contribution in [0, 0.1) is 19.7 Å². The van der Waals surface area contributed by atoms with Gasteiger partial charge >= 0.3 is 0 Å². The molecule has 3 nitrogen and oxygen atoms in total. The Morgan fingerprint density at radius 3 is 2.47 bits per heavy atom.